The molecule has 2 atom stereocenters. The number of nitrogens with zero attached hydrogens (tertiary/aromatic N) is 4. The van der Waals surface area contributed by atoms with Crippen LogP contribution in [0.1, 0.15) is 19.8 Å². The van der Waals surface area contributed by atoms with Crippen LogP contribution in [-0.4, -0.2) is 35.5 Å². The number of esters is 1. The van der Waals surface area contributed by atoms with Crippen LogP contribution < -0.4 is 5.01 Å². The van der Waals surface area contributed by atoms with Crippen LogP contribution in [0.5, 0.6) is 0 Å². The third-order valence-electron chi connectivity index (χ3n) is 3.96. The topological polar surface area (TPSA) is 86.0 Å². The number of hydrogen-bond acceptors (Lipinski definition) is 6. The second-order valence-electron chi connectivity index (χ2n) is 5.47. The molecule has 0 aliphatic carbocycles. The maximum atomic E-state index is 12.5. The van der Waals surface area contributed by atoms with Gasteiger partial charge in [0.2, 0.25) is 0 Å². The Hall–Kier alpha value is -2.67. The number of anilines is 1. The van der Waals surface area contributed by atoms with E-state index < -0.39 is 24.0 Å². The van der Waals surface area contributed by atoms with Gasteiger partial charge in [-0.1, -0.05) is 18.2 Å². The van der Waals surface area contributed by atoms with Crippen LogP contribution in [0.4, 0.5) is 18.9 Å². The van der Waals surface area contributed by atoms with E-state index in [1.807, 2.05) is 0 Å². The van der Waals surface area contributed by atoms with E-state index in [0.29, 0.717) is 12.1 Å². The molecule has 7 nitrogen and oxygen atoms in total. The van der Waals surface area contributed by atoms with Gasteiger partial charge < -0.3 is 4.74 Å². The monoisotopic (exact) mass is 356 g/mol. The molecule has 2 rings (SSSR count). The van der Waals surface area contributed by atoms with Crippen molar-refractivity contribution in [3.05, 3.63) is 35.2 Å². The summed E-state index contributed by atoms with van der Waals surface area (Å²) in [4.78, 5) is 23.7. The lowest BCUT2D eigenvalue weighted by Gasteiger charge is -2.38. The quantitative estimate of drug-likeness (QED) is 0.458. The molecule has 1 heterocycles. The predicted octanol–water partition coefficient (Wildman–Crippen LogP) is 2.94. The first-order valence-corrected chi connectivity index (χ1v) is 7.41. The molecule has 1 saturated heterocycles. The third kappa shape index (κ3) is 3.71. The van der Waals surface area contributed by atoms with E-state index in [0.717, 1.165) is 5.01 Å². The van der Waals surface area contributed by atoms with Crippen LogP contribution in [0.15, 0.2) is 35.6 Å². The largest absolute Gasteiger partial charge is 0.491 e. The van der Waals surface area contributed by atoms with Crippen molar-refractivity contribution < 1.29 is 22.7 Å². The molecule has 10 heteroatoms. The molecule has 25 heavy (non-hydrogen) atoms. The normalized spacial score (nSPS) is 22.0. The number of carbonyl (C=O) groups is 1. The molecule has 0 spiro atoms. The van der Waals surface area contributed by atoms with Gasteiger partial charge in [-0.05, 0) is 25.5 Å². The van der Waals surface area contributed by atoms with Crippen molar-refractivity contribution in [2.45, 2.75) is 37.8 Å². The summed E-state index contributed by atoms with van der Waals surface area (Å²) in [6.07, 6.45) is -5.89. The minimum atomic E-state index is -5.22. The van der Waals surface area contributed by atoms with Crippen molar-refractivity contribution in [3.63, 3.8) is 0 Å². The smallest absolute Gasteiger partial charge is 0.423 e. The standard InChI is InChI=1S/C15H15F3N4O3/c1-11(22(20-24)12-6-3-2-4-7-12)21-9-5-8-14(21,10-19)25-13(23)15(16,17)18/h2-4,6-7,11H,5,8-9H2,1H3. The fraction of sp³-hybridized carbons (Fsp3) is 0.467. The van der Waals surface area contributed by atoms with Crippen LogP contribution in [-0.2, 0) is 9.53 Å². The molecule has 134 valence electrons. The van der Waals surface area contributed by atoms with Gasteiger partial charge in [-0.3, -0.25) is 0 Å². The van der Waals surface area contributed by atoms with Crippen molar-refractivity contribution in [1.82, 2.24) is 4.90 Å². The van der Waals surface area contributed by atoms with Gasteiger partial charge in [0.25, 0.3) is 5.72 Å². The third-order valence-corrected chi connectivity index (χ3v) is 3.96. The van der Waals surface area contributed by atoms with Crippen LogP contribution in [0.3, 0.4) is 0 Å². The van der Waals surface area contributed by atoms with Crippen molar-refractivity contribution >= 4 is 11.7 Å². The summed E-state index contributed by atoms with van der Waals surface area (Å²) in [6.45, 7) is 1.66. The Kier molecular flexibility index (Phi) is 5.27. The van der Waals surface area contributed by atoms with Crippen LogP contribution in [0.25, 0.3) is 0 Å². The van der Waals surface area contributed by atoms with Gasteiger partial charge in [-0.15, -0.1) is 4.91 Å². The summed E-state index contributed by atoms with van der Waals surface area (Å²) in [5.74, 6) is -2.45. The molecule has 1 aliphatic heterocycles. The first-order chi connectivity index (χ1) is 11.7. The predicted molar refractivity (Wildman–Crippen MR) is 80.6 cm³/mol. The van der Waals surface area contributed by atoms with E-state index in [4.69, 9.17) is 0 Å². The Labute approximate surface area is 141 Å². The van der Waals surface area contributed by atoms with Crippen molar-refractivity contribution in [2.24, 2.45) is 5.29 Å². The van der Waals surface area contributed by atoms with Gasteiger partial charge >= 0.3 is 12.1 Å². The number of nitroso groups, excluding NO2 is 1. The number of ether oxygens (including phenoxy) is 1. The number of halogens is 3. The summed E-state index contributed by atoms with van der Waals surface area (Å²) >= 11 is 0. The Balaban J connectivity index is 2.30. The fourth-order valence-electron chi connectivity index (χ4n) is 2.81. The van der Waals surface area contributed by atoms with Crippen molar-refractivity contribution in [3.8, 4) is 6.07 Å². The van der Waals surface area contributed by atoms with Crippen molar-refractivity contribution in [1.29, 1.82) is 5.26 Å². The molecule has 0 bridgehead atoms. The molecule has 0 amide bonds. The fourth-order valence-corrected chi connectivity index (χ4v) is 2.81. The van der Waals surface area contributed by atoms with Crippen LogP contribution >= 0.6 is 0 Å². The molecule has 1 aliphatic rings. The second kappa shape index (κ2) is 7.06. The Morgan fingerprint density at radius 1 is 1.44 bits per heavy atom. The van der Waals surface area contributed by atoms with E-state index in [9.17, 15) is 28.1 Å². The van der Waals surface area contributed by atoms with E-state index in [1.54, 1.807) is 36.4 Å². The van der Waals surface area contributed by atoms with Gasteiger partial charge in [0, 0.05) is 13.0 Å². The number of nitriles is 1. The maximum absolute atomic E-state index is 12.5. The Bertz CT molecular complexity index is 677. The summed E-state index contributed by atoms with van der Waals surface area (Å²) < 4.78 is 42.1. The second-order valence-corrected chi connectivity index (χ2v) is 5.47. The van der Waals surface area contributed by atoms with E-state index in [-0.39, 0.29) is 13.0 Å². The average Bonchev–Trinajstić information content (AvgIpc) is 2.99. The van der Waals surface area contributed by atoms with E-state index in [1.165, 1.54) is 11.8 Å². The Morgan fingerprint density at radius 2 is 2.08 bits per heavy atom. The lowest BCUT2D eigenvalue weighted by atomic mass is 10.1. The van der Waals surface area contributed by atoms with Crippen LogP contribution in [0.2, 0.25) is 0 Å². The number of hydrogen-bond donors (Lipinski definition) is 0. The first-order valence-electron chi connectivity index (χ1n) is 7.41. The Morgan fingerprint density at radius 3 is 2.60 bits per heavy atom. The lowest BCUT2D eigenvalue weighted by molar-refractivity contribution is -0.221. The highest BCUT2D eigenvalue weighted by Gasteiger charge is 2.53. The van der Waals surface area contributed by atoms with Crippen LogP contribution in [0, 0.1) is 16.2 Å². The molecule has 2 unspecified atom stereocenters. The summed E-state index contributed by atoms with van der Waals surface area (Å²) in [6, 6.07) is 9.86. The summed E-state index contributed by atoms with van der Waals surface area (Å²) in [5.41, 5.74) is -1.71. The molecule has 0 N–H and O–H groups in total. The molecule has 0 saturated carbocycles. The first kappa shape index (κ1) is 18.7. The minimum Gasteiger partial charge on any atom is -0.423 e. The highest BCUT2D eigenvalue weighted by atomic mass is 19.4. The number of alkyl halides is 3. The zero-order chi connectivity index (χ0) is 18.7. The zero-order valence-corrected chi connectivity index (χ0v) is 13.2. The number of benzene rings is 1. The lowest BCUT2D eigenvalue weighted by Crippen LogP contribution is -2.56. The minimum absolute atomic E-state index is 0.100. The SMILES string of the molecule is CC(N(N=O)c1ccccc1)N1CCCC1(C#N)OC(=O)C(F)(F)F. The summed E-state index contributed by atoms with van der Waals surface area (Å²) in [7, 11) is 0. The molecule has 1 aromatic rings. The molecule has 0 aromatic heterocycles. The number of carbonyl (C=O) groups excluding carboxylic acids is 1. The van der Waals surface area contributed by atoms with Gasteiger partial charge in [0.05, 0.1) is 11.0 Å². The molecule has 1 fully saturated rings. The molecular formula is C15H15F3N4O3. The molecule has 0 radical (unpaired) electrons. The number of likely N-dealkylation sites (tertiary alicyclic amines) is 1. The highest BCUT2D eigenvalue weighted by Crippen LogP contribution is 2.36. The molecular weight excluding hydrogens is 341 g/mol. The number of para-hydroxylation sites is 1. The van der Waals surface area contributed by atoms with Gasteiger partial charge in [-0.2, -0.15) is 18.4 Å². The van der Waals surface area contributed by atoms with Gasteiger partial charge in [0.15, 0.2) is 0 Å². The van der Waals surface area contributed by atoms with Crippen molar-refractivity contribution in [2.75, 3.05) is 11.6 Å². The van der Waals surface area contributed by atoms with Gasteiger partial charge in [-0.25, -0.2) is 14.7 Å². The maximum Gasteiger partial charge on any atom is 0.491 e. The number of rotatable bonds is 5. The highest BCUT2D eigenvalue weighted by molar-refractivity contribution is 5.76. The van der Waals surface area contributed by atoms with E-state index >= 15 is 0 Å². The summed E-state index contributed by atoms with van der Waals surface area (Å²) in [5, 5.41) is 13.3. The van der Waals surface area contributed by atoms with E-state index in [2.05, 4.69) is 10.0 Å². The van der Waals surface area contributed by atoms with Gasteiger partial charge in [0.1, 0.15) is 12.2 Å². The average molecular weight is 356 g/mol. The zero-order valence-electron chi connectivity index (χ0n) is 13.2. The molecule has 1 aromatic carbocycles.